The number of nitrogens with zero attached hydrogens (tertiary/aromatic N) is 1. The first kappa shape index (κ1) is 13.6. The van der Waals surface area contributed by atoms with Gasteiger partial charge in [-0.3, -0.25) is 0 Å². The number of thiophene rings is 1. The molecule has 0 fully saturated rings. The van der Waals surface area contributed by atoms with E-state index in [1.54, 1.807) is 0 Å². The van der Waals surface area contributed by atoms with Gasteiger partial charge in [0.1, 0.15) is 4.88 Å². The van der Waals surface area contributed by atoms with E-state index in [0.717, 1.165) is 17.8 Å². The van der Waals surface area contributed by atoms with E-state index in [2.05, 4.69) is 43.0 Å². The maximum atomic E-state index is 11.1. The molecule has 2 aromatic rings. The lowest BCUT2D eigenvalue weighted by atomic mass is 10.2. The second-order valence-corrected chi connectivity index (χ2v) is 5.35. The number of hydrogen-bond acceptors (Lipinski definition) is 3. The van der Waals surface area contributed by atoms with Crippen molar-refractivity contribution >= 4 is 23.0 Å². The van der Waals surface area contributed by atoms with Crippen molar-refractivity contribution in [3.63, 3.8) is 0 Å². The molecular weight excluding hydrogens is 258 g/mol. The predicted molar refractivity (Wildman–Crippen MR) is 79.2 cm³/mol. The second-order valence-electron chi connectivity index (χ2n) is 4.43. The Hall–Kier alpha value is -1.81. The Morgan fingerprint density at radius 1 is 1.26 bits per heavy atom. The molecule has 0 atom stereocenters. The fourth-order valence-corrected chi connectivity index (χ4v) is 2.75. The summed E-state index contributed by atoms with van der Waals surface area (Å²) in [5, 5.41) is 11.0. The summed E-state index contributed by atoms with van der Waals surface area (Å²) in [5.41, 5.74) is 3.22. The third kappa shape index (κ3) is 3.15. The highest BCUT2D eigenvalue weighted by atomic mass is 32.1. The average Bonchev–Trinajstić information content (AvgIpc) is 2.85. The first-order valence-electron chi connectivity index (χ1n) is 6.23. The molecule has 0 unspecified atom stereocenters. The van der Waals surface area contributed by atoms with Gasteiger partial charge in [0.05, 0.1) is 0 Å². The van der Waals surface area contributed by atoms with Crippen LogP contribution in [0.1, 0.15) is 27.7 Å². The summed E-state index contributed by atoms with van der Waals surface area (Å²) >= 11 is 1.28. The lowest BCUT2D eigenvalue weighted by molar-refractivity contribution is 0.0701. The van der Waals surface area contributed by atoms with Crippen molar-refractivity contribution in [3.05, 3.63) is 51.7 Å². The molecule has 0 saturated carbocycles. The van der Waals surface area contributed by atoms with Crippen LogP contribution in [0.4, 0.5) is 5.69 Å². The predicted octanol–water partition coefficient (Wildman–Crippen LogP) is 3.78. The minimum Gasteiger partial charge on any atom is -0.477 e. The van der Waals surface area contributed by atoms with Gasteiger partial charge in [0.2, 0.25) is 0 Å². The summed E-state index contributed by atoms with van der Waals surface area (Å²) in [6, 6.07) is 10.2. The third-order valence-electron chi connectivity index (χ3n) is 3.08. The molecule has 1 N–H and O–H groups in total. The average molecular weight is 275 g/mol. The Kier molecular flexibility index (Phi) is 4.22. The van der Waals surface area contributed by atoms with Gasteiger partial charge >= 0.3 is 5.97 Å². The number of anilines is 1. The number of hydrogen-bond donors (Lipinski definition) is 1. The van der Waals surface area contributed by atoms with Gasteiger partial charge in [0, 0.05) is 18.8 Å². The van der Waals surface area contributed by atoms with E-state index in [1.165, 1.54) is 16.9 Å². The van der Waals surface area contributed by atoms with Gasteiger partial charge in [0.15, 0.2) is 0 Å². The quantitative estimate of drug-likeness (QED) is 0.902. The molecule has 1 aromatic carbocycles. The Morgan fingerprint density at radius 3 is 2.53 bits per heavy atom. The van der Waals surface area contributed by atoms with Crippen LogP contribution in [-0.2, 0) is 6.54 Å². The van der Waals surface area contributed by atoms with E-state index in [0.29, 0.717) is 11.4 Å². The molecule has 3 nitrogen and oxygen atoms in total. The minimum atomic E-state index is -0.843. The molecule has 100 valence electrons. The molecule has 19 heavy (non-hydrogen) atoms. The van der Waals surface area contributed by atoms with E-state index in [1.807, 2.05) is 11.4 Å². The first-order valence-corrected chi connectivity index (χ1v) is 7.11. The van der Waals surface area contributed by atoms with Gasteiger partial charge < -0.3 is 10.0 Å². The minimum absolute atomic E-state index is 0.436. The Balaban J connectivity index is 2.21. The van der Waals surface area contributed by atoms with Crippen LogP contribution >= 0.6 is 11.3 Å². The van der Waals surface area contributed by atoms with E-state index in [9.17, 15) is 4.79 Å². The summed E-state index contributed by atoms with van der Waals surface area (Å²) in [6.07, 6.45) is 0. The maximum Gasteiger partial charge on any atom is 0.346 e. The molecule has 0 amide bonds. The number of aryl methyl sites for hydroxylation is 1. The zero-order chi connectivity index (χ0) is 13.8. The highest BCUT2D eigenvalue weighted by Crippen LogP contribution is 2.22. The van der Waals surface area contributed by atoms with Crippen molar-refractivity contribution < 1.29 is 9.90 Å². The Labute approximate surface area is 117 Å². The molecule has 0 bridgehead atoms. The summed E-state index contributed by atoms with van der Waals surface area (Å²) in [5.74, 6) is -0.843. The van der Waals surface area contributed by atoms with Gasteiger partial charge in [-0.25, -0.2) is 4.79 Å². The van der Waals surface area contributed by atoms with Crippen molar-refractivity contribution in [1.29, 1.82) is 0 Å². The Bertz CT molecular complexity index is 560. The van der Waals surface area contributed by atoms with E-state index < -0.39 is 5.97 Å². The van der Waals surface area contributed by atoms with Crippen molar-refractivity contribution in [2.45, 2.75) is 20.4 Å². The van der Waals surface area contributed by atoms with E-state index in [-0.39, 0.29) is 0 Å². The lowest BCUT2D eigenvalue weighted by Crippen LogP contribution is -2.22. The van der Waals surface area contributed by atoms with Crippen LogP contribution in [0.2, 0.25) is 0 Å². The van der Waals surface area contributed by atoms with Crippen molar-refractivity contribution in [2.75, 3.05) is 11.4 Å². The van der Waals surface area contributed by atoms with Crippen LogP contribution in [0.5, 0.6) is 0 Å². The molecule has 0 saturated heterocycles. The first-order chi connectivity index (χ1) is 9.11. The number of rotatable bonds is 5. The van der Waals surface area contributed by atoms with Crippen LogP contribution in [0.15, 0.2) is 35.7 Å². The zero-order valence-corrected chi connectivity index (χ0v) is 11.9. The van der Waals surface area contributed by atoms with Crippen molar-refractivity contribution in [2.24, 2.45) is 0 Å². The fraction of sp³-hybridized carbons (Fsp3) is 0.267. The standard InChI is InChI=1S/C15H17NO2S/c1-3-16(13-6-4-11(2)5-7-13)10-12-8-9-19-14(12)15(17)18/h4-9H,3,10H2,1-2H3,(H,17,18). The van der Waals surface area contributed by atoms with Crippen molar-refractivity contribution in [3.8, 4) is 0 Å². The molecule has 0 radical (unpaired) electrons. The SMILES string of the molecule is CCN(Cc1ccsc1C(=O)O)c1ccc(C)cc1. The van der Waals surface area contributed by atoms with Gasteiger partial charge in [-0.05, 0) is 43.0 Å². The van der Waals surface area contributed by atoms with Crippen LogP contribution in [0.3, 0.4) is 0 Å². The monoisotopic (exact) mass is 275 g/mol. The number of carboxylic acids is 1. The van der Waals surface area contributed by atoms with E-state index >= 15 is 0 Å². The van der Waals surface area contributed by atoms with Gasteiger partial charge in [-0.15, -0.1) is 11.3 Å². The molecule has 1 heterocycles. The largest absolute Gasteiger partial charge is 0.477 e. The Morgan fingerprint density at radius 2 is 1.95 bits per heavy atom. The number of carbonyl (C=O) groups is 1. The van der Waals surface area contributed by atoms with Gasteiger partial charge in [-0.2, -0.15) is 0 Å². The topological polar surface area (TPSA) is 40.5 Å². The number of aromatic carboxylic acids is 1. The lowest BCUT2D eigenvalue weighted by Gasteiger charge is -2.23. The third-order valence-corrected chi connectivity index (χ3v) is 4.03. The molecule has 2 rings (SSSR count). The van der Waals surface area contributed by atoms with Gasteiger partial charge in [0.25, 0.3) is 0 Å². The van der Waals surface area contributed by atoms with Crippen LogP contribution in [0.25, 0.3) is 0 Å². The molecule has 0 aliphatic heterocycles. The molecule has 0 aliphatic rings. The smallest absolute Gasteiger partial charge is 0.346 e. The molecule has 0 spiro atoms. The summed E-state index contributed by atoms with van der Waals surface area (Å²) < 4.78 is 0. The normalized spacial score (nSPS) is 10.4. The summed E-state index contributed by atoms with van der Waals surface area (Å²) in [4.78, 5) is 13.7. The van der Waals surface area contributed by atoms with Crippen LogP contribution in [-0.4, -0.2) is 17.6 Å². The summed E-state index contributed by atoms with van der Waals surface area (Å²) in [6.45, 7) is 5.61. The highest BCUT2D eigenvalue weighted by Gasteiger charge is 2.14. The second kappa shape index (κ2) is 5.89. The van der Waals surface area contributed by atoms with Gasteiger partial charge in [-0.1, -0.05) is 17.7 Å². The van der Waals surface area contributed by atoms with Crippen LogP contribution < -0.4 is 4.90 Å². The van der Waals surface area contributed by atoms with Crippen molar-refractivity contribution in [1.82, 2.24) is 0 Å². The maximum absolute atomic E-state index is 11.1. The molecule has 0 aliphatic carbocycles. The van der Waals surface area contributed by atoms with Crippen LogP contribution in [0, 0.1) is 6.92 Å². The number of benzene rings is 1. The molecular formula is C15H17NO2S. The fourth-order valence-electron chi connectivity index (χ4n) is 1.99. The molecule has 4 heteroatoms. The highest BCUT2D eigenvalue weighted by molar-refractivity contribution is 7.12. The number of carboxylic acid groups (broad SMARTS) is 1. The van der Waals surface area contributed by atoms with E-state index in [4.69, 9.17) is 5.11 Å². The summed E-state index contributed by atoms with van der Waals surface area (Å²) in [7, 11) is 0. The zero-order valence-electron chi connectivity index (χ0n) is 11.1. The molecule has 1 aromatic heterocycles.